The van der Waals surface area contributed by atoms with Crippen molar-refractivity contribution in [1.82, 2.24) is 9.88 Å². The highest BCUT2D eigenvalue weighted by Gasteiger charge is 2.35. The molecule has 1 aromatic rings. The standard InChI is InChI=1S/C15H25N3/c1-4-14(16)15(12-6-5-7-17-9-12)18(3)10-13-8-11(13)2/h5-7,9,11,13-15H,4,8,10,16H2,1-3H3. The molecule has 2 rings (SSSR count). The summed E-state index contributed by atoms with van der Waals surface area (Å²) in [5.41, 5.74) is 7.55. The van der Waals surface area contributed by atoms with Gasteiger partial charge in [-0.3, -0.25) is 9.88 Å². The smallest absolute Gasteiger partial charge is 0.0511 e. The molecular weight excluding hydrogens is 222 g/mol. The van der Waals surface area contributed by atoms with Gasteiger partial charge in [0.05, 0.1) is 6.04 Å². The van der Waals surface area contributed by atoms with Crippen LogP contribution in [-0.2, 0) is 0 Å². The summed E-state index contributed by atoms with van der Waals surface area (Å²) in [7, 11) is 2.19. The maximum atomic E-state index is 6.31. The van der Waals surface area contributed by atoms with E-state index >= 15 is 0 Å². The number of hydrogen-bond acceptors (Lipinski definition) is 3. The van der Waals surface area contributed by atoms with Gasteiger partial charge in [-0.25, -0.2) is 0 Å². The monoisotopic (exact) mass is 247 g/mol. The van der Waals surface area contributed by atoms with Crippen LogP contribution < -0.4 is 5.73 Å². The Hall–Kier alpha value is -0.930. The fourth-order valence-corrected chi connectivity index (χ4v) is 2.74. The fraction of sp³-hybridized carbons (Fsp3) is 0.667. The summed E-state index contributed by atoms with van der Waals surface area (Å²) < 4.78 is 0. The van der Waals surface area contributed by atoms with Crippen LogP contribution >= 0.6 is 0 Å². The predicted molar refractivity (Wildman–Crippen MR) is 75.1 cm³/mol. The average Bonchev–Trinajstić information content (AvgIpc) is 3.06. The quantitative estimate of drug-likeness (QED) is 0.839. The molecule has 1 saturated carbocycles. The van der Waals surface area contributed by atoms with Gasteiger partial charge in [0.1, 0.15) is 0 Å². The van der Waals surface area contributed by atoms with Crippen LogP contribution in [0.2, 0.25) is 0 Å². The van der Waals surface area contributed by atoms with E-state index in [0.717, 1.165) is 24.8 Å². The van der Waals surface area contributed by atoms with Gasteiger partial charge < -0.3 is 5.73 Å². The van der Waals surface area contributed by atoms with Crippen molar-refractivity contribution in [2.45, 2.75) is 38.8 Å². The molecule has 1 fully saturated rings. The Morgan fingerprint density at radius 1 is 1.56 bits per heavy atom. The molecule has 0 spiro atoms. The number of nitrogens with zero attached hydrogens (tertiary/aromatic N) is 2. The van der Waals surface area contributed by atoms with Crippen LogP contribution in [0.1, 0.15) is 38.3 Å². The fourth-order valence-electron chi connectivity index (χ4n) is 2.74. The van der Waals surface area contributed by atoms with E-state index in [1.54, 1.807) is 0 Å². The van der Waals surface area contributed by atoms with Crippen molar-refractivity contribution >= 4 is 0 Å². The second kappa shape index (κ2) is 5.81. The van der Waals surface area contributed by atoms with Crippen LogP contribution in [0.3, 0.4) is 0 Å². The largest absolute Gasteiger partial charge is 0.326 e. The summed E-state index contributed by atoms with van der Waals surface area (Å²) >= 11 is 0. The number of aromatic nitrogens is 1. The van der Waals surface area contributed by atoms with Crippen molar-refractivity contribution in [2.24, 2.45) is 17.6 Å². The van der Waals surface area contributed by atoms with Crippen LogP contribution in [-0.4, -0.2) is 29.5 Å². The van der Waals surface area contributed by atoms with E-state index in [4.69, 9.17) is 5.73 Å². The summed E-state index contributed by atoms with van der Waals surface area (Å²) in [4.78, 5) is 6.65. The number of likely N-dealkylation sites (N-methyl/N-ethyl adjacent to an activating group) is 1. The second-order valence-corrected chi connectivity index (χ2v) is 5.72. The van der Waals surface area contributed by atoms with E-state index in [2.05, 4.69) is 36.8 Å². The predicted octanol–water partition coefficient (Wildman–Crippen LogP) is 2.45. The molecule has 0 saturated heterocycles. The van der Waals surface area contributed by atoms with Gasteiger partial charge in [0.2, 0.25) is 0 Å². The van der Waals surface area contributed by atoms with E-state index in [1.807, 2.05) is 18.5 Å². The van der Waals surface area contributed by atoms with Gasteiger partial charge in [0.15, 0.2) is 0 Å². The van der Waals surface area contributed by atoms with Crippen LogP contribution in [0.4, 0.5) is 0 Å². The molecule has 4 atom stereocenters. The first kappa shape index (κ1) is 13.5. The Morgan fingerprint density at radius 3 is 2.78 bits per heavy atom. The number of nitrogens with two attached hydrogens (primary N) is 1. The molecule has 0 radical (unpaired) electrons. The summed E-state index contributed by atoms with van der Waals surface area (Å²) in [6.07, 6.45) is 6.13. The molecule has 0 aromatic carbocycles. The van der Waals surface area contributed by atoms with Gasteiger partial charge in [-0.05, 0) is 43.4 Å². The van der Waals surface area contributed by atoms with Crippen LogP contribution in [0, 0.1) is 11.8 Å². The van der Waals surface area contributed by atoms with Crippen molar-refractivity contribution in [3.8, 4) is 0 Å². The Labute approximate surface area is 110 Å². The summed E-state index contributed by atoms with van der Waals surface area (Å²) in [5, 5.41) is 0. The van der Waals surface area contributed by atoms with Crippen LogP contribution in [0.5, 0.6) is 0 Å². The van der Waals surface area contributed by atoms with E-state index in [0.29, 0.717) is 0 Å². The molecule has 0 amide bonds. The molecule has 100 valence electrons. The van der Waals surface area contributed by atoms with Crippen LogP contribution in [0.15, 0.2) is 24.5 Å². The van der Waals surface area contributed by atoms with Crippen molar-refractivity contribution < 1.29 is 0 Å². The Morgan fingerprint density at radius 2 is 2.28 bits per heavy atom. The zero-order valence-corrected chi connectivity index (χ0v) is 11.7. The zero-order valence-electron chi connectivity index (χ0n) is 11.7. The molecule has 1 heterocycles. The SMILES string of the molecule is CCC(N)C(c1cccnc1)N(C)CC1CC1C. The minimum atomic E-state index is 0.174. The maximum Gasteiger partial charge on any atom is 0.0511 e. The highest BCUT2D eigenvalue weighted by atomic mass is 15.2. The van der Waals surface area contributed by atoms with Gasteiger partial charge >= 0.3 is 0 Å². The van der Waals surface area contributed by atoms with Crippen molar-refractivity contribution in [1.29, 1.82) is 0 Å². The lowest BCUT2D eigenvalue weighted by atomic mass is 9.98. The van der Waals surface area contributed by atoms with Gasteiger partial charge in [-0.15, -0.1) is 0 Å². The molecule has 3 nitrogen and oxygen atoms in total. The van der Waals surface area contributed by atoms with E-state index in [1.165, 1.54) is 12.0 Å². The van der Waals surface area contributed by atoms with Crippen molar-refractivity contribution in [3.63, 3.8) is 0 Å². The third-order valence-electron chi connectivity index (χ3n) is 4.18. The molecule has 0 bridgehead atoms. The molecular formula is C15H25N3. The molecule has 1 aliphatic rings. The topological polar surface area (TPSA) is 42.1 Å². The zero-order chi connectivity index (χ0) is 13.1. The first-order valence-corrected chi connectivity index (χ1v) is 6.99. The molecule has 3 heteroatoms. The lowest BCUT2D eigenvalue weighted by Gasteiger charge is -2.32. The Bertz CT molecular complexity index is 365. The van der Waals surface area contributed by atoms with E-state index < -0.39 is 0 Å². The van der Waals surface area contributed by atoms with Gasteiger partial charge in [-0.1, -0.05) is 19.9 Å². The van der Waals surface area contributed by atoms with E-state index in [9.17, 15) is 0 Å². The Balaban J connectivity index is 2.09. The second-order valence-electron chi connectivity index (χ2n) is 5.72. The summed E-state index contributed by atoms with van der Waals surface area (Å²) in [6.45, 7) is 5.63. The lowest BCUT2D eigenvalue weighted by molar-refractivity contribution is 0.199. The molecule has 0 aliphatic heterocycles. The number of hydrogen-bond donors (Lipinski definition) is 1. The molecule has 1 aromatic heterocycles. The highest BCUT2D eigenvalue weighted by Crippen LogP contribution is 2.39. The summed E-state index contributed by atoms with van der Waals surface area (Å²) in [6, 6.07) is 4.60. The highest BCUT2D eigenvalue weighted by molar-refractivity contribution is 5.16. The van der Waals surface area contributed by atoms with Gasteiger partial charge in [-0.2, -0.15) is 0 Å². The first-order chi connectivity index (χ1) is 8.63. The minimum absolute atomic E-state index is 0.174. The number of pyridine rings is 1. The summed E-state index contributed by atoms with van der Waals surface area (Å²) in [5.74, 6) is 1.75. The third-order valence-corrected chi connectivity index (χ3v) is 4.18. The number of rotatable bonds is 6. The normalized spacial score (nSPS) is 26.1. The lowest BCUT2D eigenvalue weighted by Crippen LogP contribution is -2.39. The van der Waals surface area contributed by atoms with Crippen molar-refractivity contribution in [3.05, 3.63) is 30.1 Å². The minimum Gasteiger partial charge on any atom is -0.326 e. The van der Waals surface area contributed by atoms with Crippen LogP contribution in [0.25, 0.3) is 0 Å². The molecule has 1 aliphatic carbocycles. The van der Waals surface area contributed by atoms with Crippen molar-refractivity contribution in [2.75, 3.05) is 13.6 Å². The van der Waals surface area contributed by atoms with Gasteiger partial charge in [0, 0.05) is 25.0 Å². The maximum absolute atomic E-state index is 6.31. The van der Waals surface area contributed by atoms with E-state index in [-0.39, 0.29) is 12.1 Å². The first-order valence-electron chi connectivity index (χ1n) is 6.99. The molecule has 2 N–H and O–H groups in total. The third kappa shape index (κ3) is 3.09. The average molecular weight is 247 g/mol. The van der Waals surface area contributed by atoms with Gasteiger partial charge in [0.25, 0.3) is 0 Å². The molecule has 18 heavy (non-hydrogen) atoms. The Kier molecular flexibility index (Phi) is 4.36. The molecule has 4 unspecified atom stereocenters.